The number of rotatable bonds is 8. The molecule has 2 rings (SSSR count). The summed E-state index contributed by atoms with van der Waals surface area (Å²) in [5.74, 6) is -0.826. The van der Waals surface area contributed by atoms with E-state index in [0.29, 0.717) is 0 Å². The van der Waals surface area contributed by atoms with E-state index in [0.717, 1.165) is 11.4 Å². The Bertz CT molecular complexity index is 629. The molecule has 1 aliphatic heterocycles. The van der Waals surface area contributed by atoms with Gasteiger partial charge in [0.2, 0.25) is 12.6 Å². The van der Waals surface area contributed by atoms with Crippen molar-refractivity contribution in [2.75, 3.05) is 26.6 Å². The van der Waals surface area contributed by atoms with E-state index in [2.05, 4.69) is 5.32 Å². The van der Waals surface area contributed by atoms with Gasteiger partial charge in [-0.2, -0.15) is 0 Å². The van der Waals surface area contributed by atoms with Gasteiger partial charge in [-0.3, -0.25) is 4.79 Å². The standard InChI is InChI=1S/C20H31NO7/c1-19(2,3)26-16(22)12-15(21-13-8-10-14(23-5)11-9-13)20(4)27-17(24-6)18(25-7)28-20/h8-11,15,17-18,21H,12H2,1-7H3. The van der Waals surface area contributed by atoms with E-state index >= 15 is 0 Å². The first kappa shape index (κ1) is 22.4. The van der Waals surface area contributed by atoms with Crippen LogP contribution in [0, 0.1) is 0 Å². The topological polar surface area (TPSA) is 84.5 Å². The SMILES string of the molecule is COc1ccc(NC(CC(=O)OC(C)(C)C)C2(C)OC(OC)C(OC)O2)cc1. The van der Waals surface area contributed by atoms with Crippen LogP contribution in [0.2, 0.25) is 0 Å². The van der Waals surface area contributed by atoms with Gasteiger partial charge in [-0.25, -0.2) is 0 Å². The van der Waals surface area contributed by atoms with E-state index in [-0.39, 0.29) is 12.4 Å². The molecule has 1 aliphatic rings. The fourth-order valence-electron chi connectivity index (χ4n) is 2.89. The first-order chi connectivity index (χ1) is 13.1. The number of carbonyl (C=O) groups is 1. The predicted molar refractivity (Wildman–Crippen MR) is 103 cm³/mol. The fraction of sp³-hybridized carbons (Fsp3) is 0.650. The van der Waals surface area contributed by atoms with Crippen molar-refractivity contribution in [1.82, 2.24) is 0 Å². The molecule has 1 N–H and O–H groups in total. The molecule has 1 fully saturated rings. The molecule has 0 saturated carbocycles. The maximum Gasteiger partial charge on any atom is 0.308 e. The zero-order valence-corrected chi connectivity index (χ0v) is 17.6. The zero-order chi connectivity index (χ0) is 20.9. The van der Waals surface area contributed by atoms with Crippen LogP contribution in [0.5, 0.6) is 5.75 Å². The minimum Gasteiger partial charge on any atom is -0.497 e. The lowest BCUT2D eigenvalue weighted by atomic mass is 10.0. The van der Waals surface area contributed by atoms with Crippen molar-refractivity contribution in [3.05, 3.63) is 24.3 Å². The summed E-state index contributed by atoms with van der Waals surface area (Å²) in [5.41, 5.74) is 0.182. The number of hydrogen-bond donors (Lipinski definition) is 1. The molecule has 0 amide bonds. The van der Waals surface area contributed by atoms with Crippen molar-refractivity contribution >= 4 is 11.7 Å². The third kappa shape index (κ3) is 5.81. The molecule has 3 atom stereocenters. The minimum atomic E-state index is -1.18. The maximum absolute atomic E-state index is 12.5. The molecule has 1 aromatic rings. The lowest BCUT2D eigenvalue weighted by Crippen LogP contribution is -2.48. The van der Waals surface area contributed by atoms with Crippen LogP contribution in [-0.2, 0) is 28.5 Å². The van der Waals surface area contributed by atoms with Crippen molar-refractivity contribution < 1.29 is 33.2 Å². The summed E-state index contributed by atoms with van der Waals surface area (Å²) in [6, 6.07) is 6.78. The molecule has 158 valence electrons. The van der Waals surface area contributed by atoms with Crippen LogP contribution in [0.4, 0.5) is 5.69 Å². The average Bonchev–Trinajstić information content (AvgIpc) is 2.97. The molecule has 1 saturated heterocycles. The van der Waals surface area contributed by atoms with Crippen LogP contribution in [0.25, 0.3) is 0 Å². The van der Waals surface area contributed by atoms with Gasteiger partial charge < -0.3 is 33.7 Å². The Morgan fingerprint density at radius 2 is 1.64 bits per heavy atom. The molecule has 1 aromatic carbocycles. The van der Waals surface area contributed by atoms with Crippen molar-refractivity contribution in [3.63, 3.8) is 0 Å². The molecule has 8 heteroatoms. The number of ether oxygens (including phenoxy) is 6. The summed E-state index contributed by atoms with van der Waals surface area (Å²) in [6.07, 6.45) is -1.41. The minimum absolute atomic E-state index is 0.0205. The van der Waals surface area contributed by atoms with E-state index in [9.17, 15) is 4.79 Å². The van der Waals surface area contributed by atoms with Gasteiger partial charge >= 0.3 is 5.97 Å². The maximum atomic E-state index is 12.5. The third-order valence-electron chi connectivity index (χ3n) is 4.24. The molecule has 28 heavy (non-hydrogen) atoms. The first-order valence-corrected chi connectivity index (χ1v) is 9.14. The van der Waals surface area contributed by atoms with Crippen LogP contribution in [-0.4, -0.2) is 57.3 Å². The predicted octanol–water partition coefficient (Wildman–Crippen LogP) is 2.92. The van der Waals surface area contributed by atoms with Gasteiger partial charge in [0.15, 0.2) is 5.79 Å². The monoisotopic (exact) mass is 397 g/mol. The third-order valence-corrected chi connectivity index (χ3v) is 4.24. The van der Waals surface area contributed by atoms with Crippen LogP contribution in [0.3, 0.4) is 0 Å². The molecule has 0 aromatic heterocycles. The summed E-state index contributed by atoms with van der Waals surface area (Å²) in [4.78, 5) is 12.5. The second kappa shape index (κ2) is 9.09. The summed E-state index contributed by atoms with van der Waals surface area (Å²) >= 11 is 0. The number of hydrogen-bond acceptors (Lipinski definition) is 8. The Morgan fingerprint density at radius 1 is 1.11 bits per heavy atom. The zero-order valence-electron chi connectivity index (χ0n) is 17.6. The van der Waals surface area contributed by atoms with Gasteiger partial charge in [0.1, 0.15) is 11.4 Å². The number of anilines is 1. The Morgan fingerprint density at radius 3 is 2.07 bits per heavy atom. The molecule has 3 unspecified atom stereocenters. The van der Waals surface area contributed by atoms with Gasteiger partial charge in [0.05, 0.1) is 19.6 Å². The Labute approximate surface area is 166 Å². The van der Waals surface area contributed by atoms with Crippen molar-refractivity contribution in [2.24, 2.45) is 0 Å². The van der Waals surface area contributed by atoms with Gasteiger partial charge in [-0.1, -0.05) is 0 Å². The van der Waals surface area contributed by atoms with Crippen LogP contribution < -0.4 is 10.1 Å². The summed E-state index contributed by atoms with van der Waals surface area (Å²) < 4.78 is 33.1. The number of benzene rings is 1. The van der Waals surface area contributed by atoms with Crippen LogP contribution >= 0.6 is 0 Å². The molecular weight excluding hydrogens is 366 g/mol. The molecule has 8 nitrogen and oxygen atoms in total. The van der Waals surface area contributed by atoms with Gasteiger partial charge in [0, 0.05) is 19.9 Å². The molecule has 0 spiro atoms. The number of nitrogens with one attached hydrogen (secondary N) is 1. The van der Waals surface area contributed by atoms with Crippen molar-refractivity contribution in [1.29, 1.82) is 0 Å². The summed E-state index contributed by atoms with van der Waals surface area (Å²) in [7, 11) is 4.61. The van der Waals surface area contributed by atoms with E-state index in [4.69, 9.17) is 28.4 Å². The average molecular weight is 397 g/mol. The lowest BCUT2D eigenvalue weighted by Gasteiger charge is -2.34. The number of carbonyl (C=O) groups excluding carboxylic acids is 1. The quantitative estimate of drug-likeness (QED) is 0.671. The molecule has 0 bridgehead atoms. The van der Waals surface area contributed by atoms with Crippen LogP contribution in [0.1, 0.15) is 34.1 Å². The highest BCUT2D eigenvalue weighted by Crippen LogP contribution is 2.35. The van der Waals surface area contributed by atoms with E-state index < -0.39 is 30.0 Å². The first-order valence-electron chi connectivity index (χ1n) is 9.14. The number of methoxy groups -OCH3 is 3. The highest BCUT2D eigenvalue weighted by molar-refractivity contribution is 5.71. The van der Waals surface area contributed by atoms with Gasteiger partial charge in [-0.15, -0.1) is 0 Å². The smallest absolute Gasteiger partial charge is 0.308 e. The highest BCUT2D eigenvalue weighted by atomic mass is 16.9. The normalized spacial score (nSPS) is 26.0. The summed E-state index contributed by atoms with van der Waals surface area (Å²) in [6.45, 7) is 7.21. The molecular formula is C20H31NO7. The van der Waals surface area contributed by atoms with Crippen molar-refractivity contribution in [3.8, 4) is 5.75 Å². The van der Waals surface area contributed by atoms with E-state index in [1.807, 2.05) is 45.0 Å². The van der Waals surface area contributed by atoms with Gasteiger partial charge in [-0.05, 0) is 52.0 Å². The lowest BCUT2D eigenvalue weighted by molar-refractivity contribution is -0.210. The summed E-state index contributed by atoms with van der Waals surface area (Å²) in [5, 5.41) is 3.30. The fourth-order valence-corrected chi connectivity index (χ4v) is 2.89. The molecule has 0 radical (unpaired) electrons. The Kier molecular flexibility index (Phi) is 7.28. The molecule has 1 heterocycles. The Hall–Kier alpha value is -1.87. The van der Waals surface area contributed by atoms with Crippen molar-refractivity contribution in [2.45, 2.75) is 64.1 Å². The van der Waals surface area contributed by atoms with E-state index in [1.165, 1.54) is 14.2 Å². The van der Waals surface area contributed by atoms with Gasteiger partial charge in [0.25, 0.3) is 0 Å². The second-order valence-corrected chi connectivity index (χ2v) is 7.68. The van der Waals surface area contributed by atoms with Crippen LogP contribution in [0.15, 0.2) is 24.3 Å². The largest absolute Gasteiger partial charge is 0.497 e. The molecule has 0 aliphatic carbocycles. The number of esters is 1. The second-order valence-electron chi connectivity index (χ2n) is 7.68. The Balaban J connectivity index is 2.23. The van der Waals surface area contributed by atoms with E-state index in [1.54, 1.807) is 14.0 Å². The highest BCUT2D eigenvalue weighted by Gasteiger charge is 2.51.